The fourth-order valence-electron chi connectivity index (χ4n) is 2.50. The maximum atomic E-state index is 12.3. The third-order valence-corrected chi connectivity index (χ3v) is 5.70. The van der Waals surface area contributed by atoms with E-state index in [2.05, 4.69) is 0 Å². The van der Waals surface area contributed by atoms with Gasteiger partial charge in [0.25, 0.3) is 5.91 Å². The molecule has 1 saturated heterocycles. The van der Waals surface area contributed by atoms with Crippen LogP contribution >= 0.6 is 23.2 Å². The largest absolute Gasteiger partial charge is 0.484 e. The number of carbonyl (C=O) groups is 1. The summed E-state index contributed by atoms with van der Waals surface area (Å²) in [6.45, 7) is 2.08. The lowest BCUT2D eigenvalue weighted by Gasteiger charge is -2.26. The molecule has 0 saturated carbocycles. The Bertz CT molecular complexity index is 643. The third-order valence-electron chi connectivity index (χ3n) is 3.51. The Morgan fingerprint density at radius 3 is 2.45 bits per heavy atom. The summed E-state index contributed by atoms with van der Waals surface area (Å²) >= 11 is 11.7. The number of likely N-dealkylation sites (N-methyl/N-ethyl adjacent to an activating group) is 1. The predicted octanol–water partition coefficient (Wildman–Crippen LogP) is 2.41. The Morgan fingerprint density at radius 1 is 1.32 bits per heavy atom. The quantitative estimate of drug-likeness (QED) is 0.803. The van der Waals surface area contributed by atoms with E-state index in [4.69, 9.17) is 27.9 Å². The summed E-state index contributed by atoms with van der Waals surface area (Å²) in [6.07, 6.45) is 0.477. The fourth-order valence-corrected chi connectivity index (χ4v) is 4.74. The molecule has 0 N–H and O–H groups in total. The van der Waals surface area contributed by atoms with E-state index in [0.717, 1.165) is 0 Å². The Labute approximate surface area is 140 Å². The van der Waals surface area contributed by atoms with Crippen molar-refractivity contribution in [2.24, 2.45) is 0 Å². The third kappa shape index (κ3) is 4.51. The van der Waals surface area contributed by atoms with Crippen LogP contribution in [0.3, 0.4) is 0 Å². The van der Waals surface area contributed by atoms with Crippen molar-refractivity contribution in [3.8, 4) is 5.75 Å². The summed E-state index contributed by atoms with van der Waals surface area (Å²) < 4.78 is 28.5. The van der Waals surface area contributed by atoms with Crippen molar-refractivity contribution in [2.75, 3.05) is 24.7 Å². The number of ether oxygens (including phenoxy) is 1. The molecule has 0 bridgehead atoms. The molecule has 1 fully saturated rings. The molecule has 0 aromatic heterocycles. The number of benzene rings is 1. The number of hydrogen-bond donors (Lipinski definition) is 0. The van der Waals surface area contributed by atoms with E-state index in [1.54, 1.807) is 23.1 Å². The number of carbonyl (C=O) groups excluding carboxylic acids is 1. The molecule has 1 aromatic rings. The highest BCUT2D eigenvalue weighted by Crippen LogP contribution is 2.24. The molecule has 1 heterocycles. The lowest BCUT2D eigenvalue weighted by molar-refractivity contribution is -0.135. The molecule has 0 aliphatic carbocycles. The second-order valence-electron chi connectivity index (χ2n) is 5.13. The number of nitrogens with zero attached hydrogens (tertiary/aromatic N) is 1. The van der Waals surface area contributed by atoms with Crippen LogP contribution in [0.1, 0.15) is 13.3 Å². The van der Waals surface area contributed by atoms with Gasteiger partial charge in [-0.25, -0.2) is 8.42 Å². The zero-order valence-corrected chi connectivity index (χ0v) is 14.4. The highest BCUT2D eigenvalue weighted by Gasteiger charge is 2.33. The van der Waals surface area contributed by atoms with Crippen molar-refractivity contribution in [1.82, 2.24) is 4.90 Å². The van der Waals surface area contributed by atoms with Crippen LogP contribution in [0.2, 0.25) is 10.0 Å². The van der Waals surface area contributed by atoms with Gasteiger partial charge in [0.05, 0.1) is 11.5 Å². The fraction of sp³-hybridized carbons (Fsp3) is 0.500. The van der Waals surface area contributed by atoms with E-state index < -0.39 is 9.84 Å². The molecule has 0 spiro atoms. The van der Waals surface area contributed by atoms with E-state index in [1.165, 1.54) is 0 Å². The van der Waals surface area contributed by atoms with Crippen LogP contribution in [-0.2, 0) is 14.6 Å². The standard InChI is InChI=1S/C14H17Cl2NO4S/c1-2-17(12-3-4-22(19,20)9-12)14(18)8-21-13-6-10(15)5-11(16)7-13/h5-7,12H,2-4,8-9H2,1H3. The van der Waals surface area contributed by atoms with Gasteiger partial charge < -0.3 is 9.64 Å². The van der Waals surface area contributed by atoms with Crippen LogP contribution in [0.5, 0.6) is 5.75 Å². The monoisotopic (exact) mass is 365 g/mol. The van der Waals surface area contributed by atoms with Gasteiger partial charge >= 0.3 is 0 Å². The van der Waals surface area contributed by atoms with Gasteiger partial charge in [-0.2, -0.15) is 0 Å². The van der Waals surface area contributed by atoms with Gasteiger partial charge in [-0.1, -0.05) is 23.2 Å². The first kappa shape index (κ1) is 17.4. The Balaban J connectivity index is 1.98. The van der Waals surface area contributed by atoms with Crippen LogP contribution in [0, 0.1) is 0 Å². The molecule has 1 atom stereocenters. The zero-order valence-electron chi connectivity index (χ0n) is 12.1. The summed E-state index contributed by atoms with van der Waals surface area (Å²) in [4.78, 5) is 13.8. The van der Waals surface area contributed by atoms with Gasteiger partial charge in [0, 0.05) is 22.6 Å². The number of hydrogen-bond acceptors (Lipinski definition) is 4. The molecule has 122 valence electrons. The van der Waals surface area contributed by atoms with Gasteiger partial charge in [0.2, 0.25) is 0 Å². The maximum absolute atomic E-state index is 12.3. The van der Waals surface area contributed by atoms with Gasteiger partial charge in [-0.05, 0) is 31.5 Å². The first-order valence-electron chi connectivity index (χ1n) is 6.89. The summed E-state index contributed by atoms with van der Waals surface area (Å²) in [5.74, 6) is 0.309. The zero-order chi connectivity index (χ0) is 16.3. The van der Waals surface area contributed by atoms with Gasteiger partial charge in [0.15, 0.2) is 16.4 Å². The van der Waals surface area contributed by atoms with Crippen molar-refractivity contribution in [3.05, 3.63) is 28.2 Å². The number of halogens is 2. The maximum Gasteiger partial charge on any atom is 0.260 e. The Hall–Kier alpha value is -0.980. The summed E-state index contributed by atoms with van der Waals surface area (Å²) in [5.41, 5.74) is 0. The minimum absolute atomic E-state index is 0.0234. The molecule has 5 nitrogen and oxygen atoms in total. The van der Waals surface area contributed by atoms with Gasteiger partial charge in [-0.15, -0.1) is 0 Å². The minimum Gasteiger partial charge on any atom is -0.484 e. The molecule has 8 heteroatoms. The molecular formula is C14H17Cl2NO4S. The molecule has 1 aromatic carbocycles. The number of amides is 1. The number of rotatable bonds is 5. The molecule has 2 rings (SSSR count). The van der Waals surface area contributed by atoms with E-state index in [0.29, 0.717) is 28.8 Å². The molecule has 22 heavy (non-hydrogen) atoms. The normalized spacial score (nSPS) is 19.9. The predicted molar refractivity (Wildman–Crippen MR) is 86.4 cm³/mol. The van der Waals surface area contributed by atoms with E-state index >= 15 is 0 Å². The summed E-state index contributed by atoms with van der Waals surface area (Å²) in [5, 5.41) is 0.841. The summed E-state index contributed by atoms with van der Waals surface area (Å²) in [6, 6.07) is 4.43. The van der Waals surface area contributed by atoms with E-state index in [-0.39, 0.29) is 30.1 Å². The highest BCUT2D eigenvalue weighted by atomic mass is 35.5. The van der Waals surface area contributed by atoms with Crippen LogP contribution in [0.4, 0.5) is 0 Å². The van der Waals surface area contributed by atoms with Crippen molar-refractivity contribution in [2.45, 2.75) is 19.4 Å². The van der Waals surface area contributed by atoms with Gasteiger partial charge in [-0.3, -0.25) is 4.79 Å². The summed E-state index contributed by atoms with van der Waals surface area (Å²) in [7, 11) is -3.03. The number of sulfone groups is 1. The first-order valence-corrected chi connectivity index (χ1v) is 9.47. The molecule has 0 radical (unpaired) electrons. The first-order chi connectivity index (χ1) is 10.3. The Morgan fingerprint density at radius 2 is 1.95 bits per heavy atom. The Kier molecular flexibility index (Phi) is 5.58. The molecular weight excluding hydrogens is 349 g/mol. The minimum atomic E-state index is -3.03. The highest BCUT2D eigenvalue weighted by molar-refractivity contribution is 7.91. The molecule has 1 aliphatic heterocycles. The molecule has 1 amide bonds. The topological polar surface area (TPSA) is 63.7 Å². The smallest absolute Gasteiger partial charge is 0.260 e. The lowest BCUT2D eigenvalue weighted by Crippen LogP contribution is -2.43. The average Bonchev–Trinajstić information content (AvgIpc) is 2.76. The van der Waals surface area contributed by atoms with Crippen LogP contribution < -0.4 is 4.74 Å². The van der Waals surface area contributed by atoms with Gasteiger partial charge in [0.1, 0.15) is 5.75 Å². The lowest BCUT2D eigenvalue weighted by atomic mass is 10.2. The van der Waals surface area contributed by atoms with Crippen LogP contribution in [0.15, 0.2) is 18.2 Å². The molecule has 1 unspecified atom stereocenters. The second kappa shape index (κ2) is 7.06. The van der Waals surface area contributed by atoms with Crippen LogP contribution in [-0.4, -0.2) is 49.9 Å². The second-order valence-corrected chi connectivity index (χ2v) is 8.23. The van der Waals surface area contributed by atoms with E-state index in [1.807, 2.05) is 6.92 Å². The SMILES string of the molecule is CCN(C(=O)COc1cc(Cl)cc(Cl)c1)C1CCS(=O)(=O)C1. The van der Waals surface area contributed by atoms with Crippen molar-refractivity contribution < 1.29 is 17.9 Å². The van der Waals surface area contributed by atoms with Crippen LogP contribution in [0.25, 0.3) is 0 Å². The average molecular weight is 366 g/mol. The van der Waals surface area contributed by atoms with Crippen molar-refractivity contribution in [3.63, 3.8) is 0 Å². The van der Waals surface area contributed by atoms with Crippen molar-refractivity contribution in [1.29, 1.82) is 0 Å². The van der Waals surface area contributed by atoms with E-state index in [9.17, 15) is 13.2 Å². The van der Waals surface area contributed by atoms with Crippen molar-refractivity contribution >= 4 is 38.9 Å². The molecule has 1 aliphatic rings.